The van der Waals surface area contributed by atoms with Crippen LogP contribution in [0.1, 0.15) is 37.6 Å². The van der Waals surface area contributed by atoms with Crippen molar-refractivity contribution in [2.24, 2.45) is 0 Å². The van der Waals surface area contributed by atoms with Crippen LogP contribution in [0.15, 0.2) is 36.5 Å². The first-order valence-corrected chi connectivity index (χ1v) is 7.48. The molecular formula is C17H21N3O2. The number of ether oxygens (including phenoxy) is 1. The maximum Gasteiger partial charge on any atom is 0.410 e. The average molecular weight is 299 g/mol. The molecule has 0 atom stereocenters. The van der Waals surface area contributed by atoms with Crippen LogP contribution >= 0.6 is 0 Å². The molecule has 2 heterocycles. The molecule has 0 spiro atoms. The lowest BCUT2D eigenvalue weighted by Crippen LogP contribution is -2.33. The third-order valence-electron chi connectivity index (χ3n) is 3.47. The largest absolute Gasteiger partial charge is 0.444 e. The van der Waals surface area contributed by atoms with E-state index in [-0.39, 0.29) is 6.09 Å². The van der Waals surface area contributed by atoms with Gasteiger partial charge in [-0.15, -0.1) is 0 Å². The highest BCUT2D eigenvalue weighted by Crippen LogP contribution is 2.23. The Morgan fingerprint density at radius 1 is 1.23 bits per heavy atom. The molecule has 1 amide bonds. The van der Waals surface area contributed by atoms with Gasteiger partial charge in [0, 0.05) is 11.8 Å². The zero-order valence-corrected chi connectivity index (χ0v) is 13.2. The van der Waals surface area contributed by atoms with Crippen molar-refractivity contribution in [1.82, 2.24) is 14.7 Å². The van der Waals surface area contributed by atoms with Crippen molar-refractivity contribution < 1.29 is 9.53 Å². The quantitative estimate of drug-likeness (QED) is 0.855. The fourth-order valence-electron chi connectivity index (χ4n) is 2.52. The summed E-state index contributed by atoms with van der Waals surface area (Å²) in [5.41, 5.74) is 2.81. The molecule has 2 aromatic rings. The minimum absolute atomic E-state index is 0.278. The summed E-state index contributed by atoms with van der Waals surface area (Å²) in [6, 6.07) is 10.2. The summed E-state index contributed by atoms with van der Waals surface area (Å²) in [7, 11) is 0. The van der Waals surface area contributed by atoms with Crippen LogP contribution in [-0.4, -0.2) is 26.4 Å². The summed E-state index contributed by atoms with van der Waals surface area (Å²) in [6.07, 6.45) is 1.74. The van der Waals surface area contributed by atoms with E-state index in [1.165, 1.54) is 5.56 Å². The predicted octanol–water partition coefficient (Wildman–Crippen LogP) is 3.18. The van der Waals surface area contributed by atoms with Crippen molar-refractivity contribution in [3.8, 4) is 0 Å². The maximum atomic E-state index is 12.1. The van der Waals surface area contributed by atoms with Crippen LogP contribution in [0.2, 0.25) is 0 Å². The Morgan fingerprint density at radius 2 is 1.95 bits per heavy atom. The first-order valence-electron chi connectivity index (χ1n) is 7.48. The molecule has 1 aliphatic rings. The van der Waals surface area contributed by atoms with Crippen LogP contribution in [0, 0.1) is 0 Å². The van der Waals surface area contributed by atoms with Gasteiger partial charge < -0.3 is 4.74 Å². The number of amides is 1. The molecule has 0 aliphatic carbocycles. The molecule has 0 bridgehead atoms. The second kappa shape index (κ2) is 5.48. The molecule has 0 saturated heterocycles. The van der Waals surface area contributed by atoms with Crippen LogP contribution in [0.5, 0.6) is 0 Å². The van der Waals surface area contributed by atoms with E-state index >= 15 is 0 Å². The molecule has 5 heteroatoms. The highest BCUT2D eigenvalue weighted by molar-refractivity contribution is 5.69. The van der Waals surface area contributed by atoms with Crippen molar-refractivity contribution >= 4 is 6.09 Å². The van der Waals surface area contributed by atoms with Gasteiger partial charge in [0.1, 0.15) is 5.60 Å². The summed E-state index contributed by atoms with van der Waals surface area (Å²) in [6.45, 7) is 7.46. The van der Waals surface area contributed by atoms with E-state index in [0.29, 0.717) is 13.1 Å². The molecule has 0 saturated carbocycles. The van der Waals surface area contributed by atoms with Crippen LogP contribution < -0.4 is 0 Å². The van der Waals surface area contributed by atoms with Crippen LogP contribution in [0.4, 0.5) is 4.79 Å². The Labute approximate surface area is 130 Å². The van der Waals surface area contributed by atoms with E-state index in [4.69, 9.17) is 4.74 Å². The molecular weight excluding hydrogens is 278 g/mol. The smallest absolute Gasteiger partial charge is 0.410 e. The average Bonchev–Trinajstić information content (AvgIpc) is 2.96. The summed E-state index contributed by atoms with van der Waals surface area (Å²) >= 11 is 0. The predicted molar refractivity (Wildman–Crippen MR) is 83.3 cm³/mol. The molecule has 1 aromatic carbocycles. The molecule has 1 aromatic heterocycles. The lowest BCUT2D eigenvalue weighted by Gasteiger charge is -2.24. The molecule has 22 heavy (non-hydrogen) atoms. The highest BCUT2D eigenvalue weighted by Gasteiger charge is 2.29. The summed E-state index contributed by atoms with van der Waals surface area (Å²) in [5, 5.41) is 4.58. The first-order chi connectivity index (χ1) is 10.4. The number of hydrogen-bond acceptors (Lipinski definition) is 3. The summed E-state index contributed by atoms with van der Waals surface area (Å²) < 4.78 is 7.34. The van der Waals surface area contributed by atoms with Gasteiger partial charge in [0.25, 0.3) is 0 Å². The van der Waals surface area contributed by atoms with Gasteiger partial charge in [0.2, 0.25) is 0 Å². The van der Waals surface area contributed by atoms with Gasteiger partial charge in [-0.3, -0.25) is 9.58 Å². The van der Waals surface area contributed by atoms with Crippen LogP contribution in [-0.2, 0) is 24.4 Å². The zero-order chi connectivity index (χ0) is 15.7. The van der Waals surface area contributed by atoms with Gasteiger partial charge in [0.05, 0.1) is 25.3 Å². The molecule has 0 fully saturated rings. The van der Waals surface area contributed by atoms with Gasteiger partial charge in [-0.1, -0.05) is 30.3 Å². The molecule has 116 valence electrons. The van der Waals surface area contributed by atoms with Gasteiger partial charge in [-0.05, 0) is 26.3 Å². The van der Waals surface area contributed by atoms with Gasteiger partial charge in [-0.25, -0.2) is 4.79 Å². The number of carbonyl (C=O) groups excluding carboxylic acids is 1. The Bertz CT molecular complexity index is 647. The molecule has 0 N–H and O–H groups in total. The molecule has 0 radical (unpaired) electrons. The van der Waals surface area contributed by atoms with Crippen molar-refractivity contribution in [3.05, 3.63) is 53.3 Å². The zero-order valence-electron chi connectivity index (χ0n) is 13.2. The SMILES string of the molecule is CC(C)(C)OC(=O)N1Cc2cn(Cc3ccccc3)nc2C1. The lowest BCUT2D eigenvalue weighted by molar-refractivity contribution is 0.0239. The van der Waals surface area contributed by atoms with E-state index in [2.05, 4.69) is 17.2 Å². The Kier molecular flexibility index (Phi) is 3.64. The second-order valence-electron chi connectivity index (χ2n) is 6.62. The molecule has 0 unspecified atom stereocenters. The third-order valence-corrected chi connectivity index (χ3v) is 3.47. The number of carbonyl (C=O) groups is 1. The van der Waals surface area contributed by atoms with Gasteiger partial charge >= 0.3 is 6.09 Å². The minimum Gasteiger partial charge on any atom is -0.444 e. The Morgan fingerprint density at radius 3 is 2.59 bits per heavy atom. The summed E-state index contributed by atoms with van der Waals surface area (Å²) in [4.78, 5) is 13.8. The molecule has 5 nitrogen and oxygen atoms in total. The van der Waals surface area contributed by atoms with E-state index in [0.717, 1.165) is 17.8 Å². The number of aromatic nitrogens is 2. The number of nitrogens with zero attached hydrogens (tertiary/aromatic N) is 3. The van der Waals surface area contributed by atoms with Gasteiger partial charge in [0.15, 0.2) is 0 Å². The van der Waals surface area contributed by atoms with Crippen molar-refractivity contribution in [2.45, 2.75) is 46.0 Å². The number of hydrogen-bond donors (Lipinski definition) is 0. The monoisotopic (exact) mass is 299 g/mol. The van der Waals surface area contributed by atoms with Crippen LogP contribution in [0.25, 0.3) is 0 Å². The van der Waals surface area contributed by atoms with Crippen molar-refractivity contribution in [3.63, 3.8) is 0 Å². The topological polar surface area (TPSA) is 47.4 Å². The second-order valence-corrected chi connectivity index (χ2v) is 6.62. The van der Waals surface area contributed by atoms with Crippen molar-refractivity contribution in [1.29, 1.82) is 0 Å². The maximum absolute atomic E-state index is 12.1. The van der Waals surface area contributed by atoms with Crippen molar-refractivity contribution in [2.75, 3.05) is 0 Å². The van der Waals surface area contributed by atoms with Gasteiger partial charge in [-0.2, -0.15) is 5.10 Å². The fraction of sp³-hybridized carbons (Fsp3) is 0.412. The molecule has 1 aliphatic heterocycles. The number of fused-ring (bicyclic) bond motifs is 1. The van der Waals surface area contributed by atoms with Crippen LogP contribution in [0.3, 0.4) is 0 Å². The summed E-state index contributed by atoms with van der Waals surface area (Å²) in [5.74, 6) is 0. The molecule has 3 rings (SSSR count). The highest BCUT2D eigenvalue weighted by atomic mass is 16.6. The Hall–Kier alpha value is -2.30. The first kappa shape index (κ1) is 14.6. The number of benzene rings is 1. The minimum atomic E-state index is -0.468. The fourth-order valence-corrected chi connectivity index (χ4v) is 2.52. The van der Waals surface area contributed by atoms with E-state index in [9.17, 15) is 4.79 Å². The van der Waals surface area contributed by atoms with E-state index in [1.54, 1.807) is 4.90 Å². The Balaban J connectivity index is 1.64. The normalized spacial score (nSPS) is 14.0. The third kappa shape index (κ3) is 3.30. The van der Waals surface area contributed by atoms with E-state index in [1.807, 2.05) is 49.8 Å². The lowest BCUT2D eigenvalue weighted by atomic mass is 10.2. The van der Waals surface area contributed by atoms with E-state index < -0.39 is 5.60 Å². The number of rotatable bonds is 2. The standard InChI is InChI=1S/C17H21N3O2/c1-17(2,3)22-16(21)19-10-14-11-20(18-15(14)12-19)9-13-7-5-4-6-8-13/h4-8,11H,9-10,12H2,1-3H3.